The van der Waals surface area contributed by atoms with Gasteiger partial charge in [0, 0.05) is 17.0 Å². The third-order valence-electron chi connectivity index (χ3n) is 2.80. The molecule has 1 aromatic rings. The minimum Gasteiger partial charge on any atom is -0.307 e. The Morgan fingerprint density at radius 1 is 1.44 bits per heavy atom. The van der Waals surface area contributed by atoms with Crippen LogP contribution in [0.4, 0.5) is 0 Å². The fourth-order valence-corrected chi connectivity index (χ4v) is 2.61. The van der Waals surface area contributed by atoms with Crippen molar-refractivity contribution in [2.75, 3.05) is 0 Å². The van der Waals surface area contributed by atoms with Gasteiger partial charge >= 0.3 is 0 Å². The number of nitrogens with one attached hydrogen (secondary N) is 1. The average Bonchev–Trinajstić information content (AvgIpc) is 2.77. The van der Waals surface area contributed by atoms with Crippen molar-refractivity contribution in [3.05, 3.63) is 35.0 Å². The number of rotatable bonds is 8. The highest BCUT2D eigenvalue weighted by atomic mass is 32.1. The van der Waals surface area contributed by atoms with E-state index in [1.807, 2.05) is 17.4 Å². The first-order valence-corrected chi connectivity index (χ1v) is 7.02. The van der Waals surface area contributed by atoms with Crippen molar-refractivity contribution in [3.8, 4) is 0 Å². The molecule has 1 nitrogen and oxygen atoms in total. The molecule has 1 aromatic heterocycles. The highest BCUT2D eigenvalue weighted by Crippen LogP contribution is 2.19. The van der Waals surface area contributed by atoms with E-state index in [4.69, 9.17) is 0 Å². The summed E-state index contributed by atoms with van der Waals surface area (Å²) >= 11 is 1.83. The van der Waals surface area contributed by atoms with Crippen LogP contribution in [0.15, 0.2) is 30.2 Å². The second-order valence-electron chi connectivity index (χ2n) is 4.38. The Hall–Kier alpha value is -0.600. The molecule has 1 rings (SSSR count). The Labute approximate surface area is 104 Å². The minimum atomic E-state index is 0.481. The fraction of sp³-hybridized carbons (Fsp3) is 0.571. The Kier molecular flexibility index (Phi) is 6.43. The van der Waals surface area contributed by atoms with E-state index in [9.17, 15) is 0 Å². The van der Waals surface area contributed by atoms with Crippen LogP contribution in [0.2, 0.25) is 0 Å². The standard InChI is InChI=1S/C14H23NS/c1-4-5-6-7-9-12(2)15-13(3)14-10-8-11-16-14/h4,8,10-13,15H,1,5-7,9H2,2-3H3. The normalized spacial score (nSPS) is 14.6. The van der Waals surface area contributed by atoms with E-state index >= 15 is 0 Å². The van der Waals surface area contributed by atoms with Gasteiger partial charge in [-0.25, -0.2) is 0 Å². The molecule has 0 bridgehead atoms. The number of hydrogen-bond donors (Lipinski definition) is 1. The summed E-state index contributed by atoms with van der Waals surface area (Å²) in [5.74, 6) is 0. The number of hydrogen-bond acceptors (Lipinski definition) is 2. The van der Waals surface area contributed by atoms with Crippen molar-refractivity contribution < 1.29 is 0 Å². The third-order valence-corrected chi connectivity index (χ3v) is 3.85. The molecule has 90 valence electrons. The predicted octanol–water partition coefficient (Wildman–Crippen LogP) is 4.53. The van der Waals surface area contributed by atoms with Crippen LogP contribution in [0.3, 0.4) is 0 Å². The molecule has 0 aliphatic heterocycles. The van der Waals surface area contributed by atoms with Gasteiger partial charge in [-0.1, -0.05) is 18.6 Å². The number of unbranched alkanes of at least 4 members (excludes halogenated alkanes) is 2. The Morgan fingerprint density at radius 3 is 2.88 bits per heavy atom. The van der Waals surface area contributed by atoms with Crippen LogP contribution in [-0.2, 0) is 0 Å². The topological polar surface area (TPSA) is 12.0 Å². The van der Waals surface area contributed by atoms with E-state index in [1.54, 1.807) is 0 Å². The van der Waals surface area contributed by atoms with E-state index in [2.05, 4.69) is 43.3 Å². The van der Waals surface area contributed by atoms with Crippen molar-refractivity contribution in [2.24, 2.45) is 0 Å². The van der Waals surface area contributed by atoms with Crippen LogP contribution in [0, 0.1) is 0 Å². The first-order chi connectivity index (χ1) is 7.74. The molecule has 0 aliphatic carbocycles. The zero-order valence-electron chi connectivity index (χ0n) is 10.4. The largest absolute Gasteiger partial charge is 0.307 e. The first-order valence-electron chi connectivity index (χ1n) is 6.14. The molecule has 0 aromatic carbocycles. The molecule has 0 fully saturated rings. The Balaban J connectivity index is 2.18. The van der Waals surface area contributed by atoms with Crippen LogP contribution in [-0.4, -0.2) is 6.04 Å². The zero-order valence-corrected chi connectivity index (χ0v) is 11.2. The van der Waals surface area contributed by atoms with Gasteiger partial charge in [0.2, 0.25) is 0 Å². The molecule has 1 N–H and O–H groups in total. The lowest BCUT2D eigenvalue weighted by molar-refractivity contribution is 0.445. The summed E-state index contributed by atoms with van der Waals surface area (Å²) in [6, 6.07) is 5.40. The summed E-state index contributed by atoms with van der Waals surface area (Å²) in [4.78, 5) is 1.43. The van der Waals surface area contributed by atoms with E-state index in [0.29, 0.717) is 12.1 Å². The van der Waals surface area contributed by atoms with Crippen LogP contribution in [0.25, 0.3) is 0 Å². The van der Waals surface area contributed by atoms with E-state index in [1.165, 1.54) is 24.1 Å². The van der Waals surface area contributed by atoms with Gasteiger partial charge in [0.1, 0.15) is 0 Å². The fourth-order valence-electron chi connectivity index (χ4n) is 1.87. The summed E-state index contributed by atoms with van der Waals surface area (Å²) in [7, 11) is 0. The molecule has 16 heavy (non-hydrogen) atoms. The molecular weight excluding hydrogens is 214 g/mol. The monoisotopic (exact) mass is 237 g/mol. The maximum atomic E-state index is 3.75. The molecule has 1 heterocycles. The van der Waals surface area contributed by atoms with Crippen molar-refractivity contribution in [2.45, 2.75) is 51.6 Å². The van der Waals surface area contributed by atoms with Crippen molar-refractivity contribution in [1.29, 1.82) is 0 Å². The second kappa shape index (κ2) is 7.64. The maximum absolute atomic E-state index is 3.75. The SMILES string of the molecule is C=CCCCCC(C)NC(C)c1cccs1. The lowest BCUT2D eigenvalue weighted by Gasteiger charge is -2.18. The first kappa shape index (κ1) is 13.5. The van der Waals surface area contributed by atoms with Gasteiger partial charge in [0.05, 0.1) is 0 Å². The smallest absolute Gasteiger partial charge is 0.0388 e. The molecule has 0 saturated carbocycles. The Morgan fingerprint density at radius 2 is 2.25 bits per heavy atom. The summed E-state index contributed by atoms with van der Waals surface area (Å²) < 4.78 is 0. The predicted molar refractivity (Wildman–Crippen MR) is 74.0 cm³/mol. The quantitative estimate of drug-likeness (QED) is 0.517. The summed E-state index contributed by atoms with van der Waals surface area (Å²) in [5, 5.41) is 5.78. The van der Waals surface area contributed by atoms with E-state index in [0.717, 1.165) is 6.42 Å². The Bertz CT molecular complexity index is 279. The zero-order chi connectivity index (χ0) is 11.8. The van der Waals surface area contributed by atoms with Gasteiger partial charge in [0.15, 0.2) is 0 Å². The molecule has 2 unspecified atom stereocenters. The molecule has 0 aliphatic rings. The second-order valence-corrected chi connectivity index (χ2v) is 5.36. The lowest BCUT2D eigenvalue weighted by Crippen LogP contribution is -2.28. The van der Waals surface area contributed by atoms with E-state index < -0.39 is 0 Å². The highest BCUT2D eigenvalue weighted by molar-refractivity contribution is 7.10. The van der Waals surface area contributed by atoms with Crippen molar-refractivity contribution >= 4 is 11.3 Å². The van der Waals surface area contributed by atoms with E-state index in [-0.39, 0.29) is 0 Å². The van der Waals surface area contributed by atoms with Gasteiger partial charge < -0.3 is 5.32 Å². The minimum absolute atomic E-state index is 0.481. The van der Waals surface area contributed by atoms with Gasteiger partial charge in [-0.15, -0.1) is 17.9 Å². The van der Waals surface area contributed by atoms with Gasteiger partial charge in [-0.05, 0) is 44.6 Å². The van der Waals surface area contributed by atoms with Crippen molar-refractivity contribution in [1.82, 2.24) is 5.32 Å². The molecule has 0 amide bonds. The molecule has 2 heteroatoms. The number of thiophene rings is 1. The molecule has 0 spiro atoms. The summed E-state index contributed by atoms with van der Waals surface area (Å²) in [5.41, 5.74) is 0. The molecular formula is C14H23NS. The third kappa shape index (κ3) is 4.95. The van der Waals surface area contributed by atoms with Gasteiger partial charge in [0.25, 0.3) is 0 Å². The van der Waals surface area contributed by atoms with Crippen LogP contribution >= 0.6 is 11.3 Å². The van der Waals surface area contributed by atoms with Crippen molar-refractivity contribution in [3.63, 3.8) is 0 Å². The summed E-state index contributed by atoms with van der Waals surface area (Å²) in [6.07, 6.45) is 6.96. The van der Waals surface area contributed by atoms with Crippen LogP contribution < -0.4 is 5.32 Å². The highest BCUT2D eigenvalue weighted by Gasteiger charge is 2.09. The number of allylic oxidation sites excluding steroid dienone is 1. The molecule has 0 radical (unpaired) electrons. The van der Waals surface area contributed by atoms with Crippen LogP contribution in [0.1, 0.15) is 50.4 Å². The average molecular weight is 237 g/mol. The maximum Gasteiger partial charge on any atom is 0.0388 e. The van der Waals surface area contributed by atoms with Gasteiger partial charge in [-0.2, -0.15) is 0 Å². The molecule has 0 saturated heterocycles. The molecule has 2 atom stereocenters. The van der Waals surface area contributed by atoms with Crippen LogP contribution in [0.5, 0.6) is 0 Å². The summed E-state index contributed by atoms with van der Waals surface area (Å²) in [6.45, 7) is 8.26. The van der Waals surface area contributed by atoms with Gasteiger partial charge in [-0.3, -0.25) is 0 Å². The lowest BCUT2D eigenvalue weighted by atomic mass is 10.1.